The van der Waals surface area contributed by atoms with Crippen LogP contribution in [0.25, 0.3) is 0 Å². The lowest BCUT2D eigenvalue weighted by Gasteiger charge is -2.23. The first kappa shape index (κ1) is 38.2. The van der Waals surface area contributed by atoms with Crippen molar-refractivity contribution >= 4 is 34.8 Å². The number of hydrogen-bond donors (Lipinski definition) is 2. The second kappa shape index (κ2) is 15.5. The van der Waals surface area contributed by atoms with Crippen LogP contribution in [0.1, 0.15) is 55.8 Å². The van der Waals surface area contributed by atoms with Gasteiger partial charge in [-0.3, -0.25) is 19.2 Å². The summed E-state index contributed by atoms with van der Waals surface area (Å²) in [5.41, 5.74) is 0.884. The lowest BCUT2D eigenvalue weighted by Crippen LogP contribution is -2.41. The number of nitrogens with zero attached hydrogens (tertiary/aromatic N) is 2. The van der Waals surface area contributed by atoms with Gasteiger partial charge in [0.15, 0.2) is 45.8 Å². The molecule has 4 aliphatic heterocycles. The molecule has 2 amide bonds. The third kappa shape index (κ3) is 6.91. The number of hydrogen-bond acceptors (Lipinski definition) is 10. The van der Waals surface area contributed by atoms with Gasteiger partial charge in [-0.1, -0.05) is 97.1 Å². The molecule has 4 aliphatic rings. The Morgan fingerprint density at radius 2 is 0.850 bits per heavy atom. The van der Waals surface area contributed by atoms with Crippen LogP contribution in [0, 0.1) is 0 Å². The van der Waals surface area contributed by atoms with Crippen LogP contribution in [0.5, 0.6) is 23.0 Å². The normalized spacial score (nSPS) is 19.1. The van der Waals surface area contributed by atoms with Gasteiger partial charge in [0.2, 0.25) is 13.6 Å². The van der Waals surface area contributed by atoms with Gasteiger partial charge < -0.3 is 39.0 Å². The van der Waals surface area contributed by atoms with E-state index in [9.17, 15) is 29.4 Å². The minimum Gasteiger partial charge on any atom is -0.454 e. The molecule has 12 nitrogen and oxygen atoms in total. The number of benzene rings is 6. The van der Waals surface area contributed by atoms with Crippen LogP contribution in [-0.4, -0.2) is 47.2 Å². The average Bonchev–Trinajstić information content (AvgIpc) is 4.04. The van der Waals surface area contributed by atoms with Gasteiger partial charge >= 0.3 is 0 Å². The fourth-order valence-electron chi connectivity index (χ4n) is 8.01. The first-order valence-corrected chi connectivity index (χ1v) is 19.3. The van der Waals surface area contributed by atoms with Crippen molar-refractivity contribution in [3.63, 3.8) is 0 Å². The molecule has 2 atom stereocenters. The van der Waals surface area contributed by atoms with E-state index in [0.29, 0.717) is 69.7 Å². The summed E-state index contributed by atoms with van der Waals surface area (Å²) in [5, 5.41) is 22.8. The minimum atomic E-state index is -1.92. The molecule has 0 aliphatic carbocycles. The van der Waals surface area contributed by atoms with Crippen molar-refractivity contribution in [2.75, 3.05) is 23.4 Å². The maximum Gasteiger partial charge on any atom is 0.264 e. The van der Waals surface area contributed by atoms with Crippen molar-refractivity contribution in [1.29, 1.82) is 0 Å². The van der Waals surface area contributed by atoms with Gasteiger partial charge in [-0.05, 0) is 59.7 Å². The van der Waals surface area contributed by atoms with Crippen molar-refractivity contribution in [2.45, 2.75) is 37.1 Å². The number of rotatable bonds is 10. The molecule has 0 bridgehead atoms. The average molecular weight is 803 g/mol. The van der Waals surface area contributed by atoms with Gasteiger partial charge in [0.1, 0.15) is 0 Å². The van der Waals surface area contributed by atoms with Gasteiger partial charge in [-0.15, -0.1) is 0 Å². The molecule has 6 aromatic rings. The summed E-state index contributed by atoms with van der Waals surface area (Å²) in [7, 11) is 0. The number of ketones is 2. The molecular formula is C48H38N2O10. The SMILES string of the molecule is O=C(C[C@]1(O)C(=O)N(Cc2ccccc2)c2ccccc21)c1ccc2c(c1)OCO2.O=C(C[C@]1(O)C(=O)N(Cc2ccccc2)c2ccccc21)c1ccc2c(c1)OCO2. The predicted molar refractivity (Wildman–Crippen MR) is 219 cm³/mol. The zero-order valence-electron chi connectivity index (χ0n) is 32.2. The highest BCUT2D eigenvalue weighted by Crippen LogP contribution is 2.46. The monoisotopic (exact) mass is 802 g/mol. The summed E-state index contributed by atoms with van der Waals surface area (Å²) in [6.45, 7) is 0.850. The van der Waals surface area contributed by atoms with Gasteiger partial charge in [0.05, 0.1) is 37.3 Å². The van der Waals surface area contributed by atoms with E-state index >= 15 is 0 Å². The molecule has 2 N–H and O–H groups in total. The third-order valence-corrected chi connectivity index (χ3v) is 11.1. The lowest BCUT2D eigenvalue weighted by atomic mass is 9.88. The number of anilines is 2. The molecule has 0 saturated carbocycles. The largest absolute Gasteiger partial charge is 0.454 e. The first-order chi connectivity index (χ1) is 29.1. The number of para-hydroxylation sites is 2. The summed E-state index contributed by atoms with van der Waals surface area (Å²) < 4.78 is 21.2. The van der Waals surface area contributed by atoms with Crippen LogP contribution in [-0.2, 0) is 33.9 Å². The maximum atomic E-state index is 13.3. The number of aliphatic hydroxyl groups is 2. The van der Waals surface area contributed by atoms with Crippen LogP contribution in [0.4, 0.5) is 11.4 Å². The predicted octanol–water partition coefficient (Wildman–Crippen LogP) is 6.85. The van der Waals surface area contributed by atoms with E-state index in [2.05, 4.69) is 0 Å². The summed E-state index contributed by atoms with van der Waals surface area (Å²) in [5.74, 6) is 0.417. The standard InChI is InChI=1S/2C24H19NO5/c2*26-20(17-10-11-21-22(12-17)30-15-29-21)13-24(28)18-8-4-5-9-19(18)25(23(24)27)14-16-6-2-1-3-7-16/h2*1-12,28H,13-15H2/t2*24-/m11/s1. The Kier molecular flexibility index (Phi) is 9.87. The number of Topliss-reactive ketones (excluding diaryl/α,β-unsaturated/α-hetero) is 2. The zero-order chi connectivity index (χ0) is 41.4. The molecular weight excluding hydrogens is 765 g/mol. The van der Waals surface area contributed by atoms with Crippen molar-refractivity contribution in [3.8, 4) is 23.0 Å². The third-order valence-electron chi connectivity index (χ3n) is 11.1. The second-order valence-electron chi connectivity index (χ2n) is 14.8. The van der Waals surface area contributed by atoms with E-state index in [-0.39, 0.29) is 38.0 Å². The highest BCUT2D eigenvalue weighted by atomic mass is 16.7. The Balaban J connectivity index is 0.000000154. The van der Waals surface area contributed by atoms with Crippen molar-refractivity contribution < 1.29 is 48.3 Å². The first-order valence-electron chi connectivity index (χ1n) is 19.3. The van der Waals surface area contributed by atoms with Gasteiger partial charge in [0, 0.05) is 22.3 Å². The molecule has 0 aromatic heterocycles. The van der Waals surface area contributed by atoms with E-state index in [4.69, 9.17) is 18.9 Å². The van der Waals surface area contributed by atoms with E-state index in [1.807, 2.05) is 72.8 Å². The molecule has 300 valence electrons. The van der Waals surface area contributed by atoms with Gasteiger partial charge in [0.25, 0.3) is 11.8 Å². The van der Waals surface area contributed by atoms with E-state index in [0.717, 1.165) is 11.1 Å². The summed E-state index contributed by atoms with van der Waals surface area (Å²) in [6.07, 6.45) is -0.707. The van der Waals surface area contributed by atoms with E-state index < -0.39 is 23.0 Å². The van der Waals surface area contributed by atoms with Gasteiger partial charge in [-0.25, -0.2) is 0 Å². The van der Waals surface area contributed by atoms with Crippen LogP contribution in [0.2, 0.25) is 0 Å². The Morgan fingerprint density at radius 1 is 0.483 bits per heavy atom. The molecule has 0 radical (unpaired) electrons. The fourth-order valence-corrected chi connectivity index (χ4v) is 8.01. The second-order valence-corrected chi connectivity index (χ2v) is 14.8. The number of carbonyl (C=O) groups excluding carboxylic acids is 4. The molecule has 60 heavy (non-hydrogen) atoms. The molecule has 10 rings (SSSR count). The number of amides is 2. The van der Waals surface area contributed by atoms with Crippen LogP contribution < -0.4 is 28.7 Å². The summed E-state index contributed by atoms with van der Waals surface area (Å²) >= 11 is 0. The molecule has 4 heterocycles. The van der Waals surface area contributed by atoms with Crippen molar-refractivity contribution in [2.24, 2.45) is 0 Å². The summed E-state index contributed by atoms with van der Waals surface area (Å²) in [4.78, 5) is 55.7. The summed E-state index contributed by atoms with van der Waals surface area (Å²) in [6, 6.07) is 42.9. The van der Waals surface area contributed by atoms with Crippen LogP contribution in [0.15, 0.2) is 146 Å². The van der Waals surface area contributed by atoms with Gasteiger partial charge in [-0.2, -0.15) is 0 Å². The molecule has 0 unspecified atom stereocenters. The number of ether oxygens (including phenoxy) is 4. The maximum absolute atomic E-state index is 13.3. The van der Waals surface area contributed by atoms with E-state index in [1.165, 1.54) is 9.80 Å². The van der Waals surface area contributed by atoms with Crippen molar-refractivity contribution in [3.05, 3.63) is 179 Å². The van der Waals surface area contributed by atoms with Crippen molar-refractivity contribution in [1.82, 2.24) is 0 Å². The molecule has 0 fully saturated rings. The van der Waals surface area contributed by atoms with E-state index in [1.54, 1.807) is 72.8 Å². The van der Waals surface area contributed by atoms with Crippen LogP contribution in [0.3, 0.4) is 0 Å². The topological polar surface area (TPSA) is 152 Å². The Hall–Kier alpha value is -7.28. The smallest absolute Gasteiger partial charge is 0.264 e. The lowest BCUT2D eigenvalue weighted by molar-refractivity contribution is -0.136. The quantitative estimate of drug-likeness (QED) is 0.141. The molecule has 0 saturated heterocycles. The number of fused-ring (bicyclic) bond motifs is 4. The zero-order valence-corrected chi connectivity index (χ0v) is 32.2. The fraction of sp³-hybridized carbons (Fsp3) is 0.167. The highest BCUT2D eigenvalue weighted by Gasteiger charge is 2.52. The van der Waals surface area contributed by atoms with Crippen LogP contribution >= 0.6 is 0 Å². The highest BCUT2D eigenvalue weighted by molar-refractivity contribution is 6.12. The Labute approximate surface area is 344 Å². The minimum absolute atomic E-state index is 0.108. The Morgan fingerprint density at radius 3 is 1.27 bits per heavy atom. The molecule has 0 spiro atoms. The molecule has 12 heteroatoms. The molecule has 6 aromatic carbocycles. The Bertz CT molecular complexity index is 2470. The number of carbonyl (C=O) groups is 4.